The molecule has 5 heteroatoms. The highest BCUT2D eigenvalue weighted by atomic mass is 35.5. The van der Waals surface area contributed by atoms with Crippen LogP contribution in [-0.2, 0) is 0 Å². The van der Waals surface area contributed by atoms with Gasteiger partial charge in [0.25, 0.3) is 0 Å². The van der Waals surface area contributed by atoms with Gasteiger partial charge in [0.05, 0.1) is 11.1 Å². The van der Waals surface area contributed by atoms with Crippen LogP contribution in [0.25, 0.3) is 0 Å². The molecule has 0 aliphatic carbocycles. The first-order valence-electron chi connectivity index (χ1n) is 5.08. The van der Waals surface area contributed by atoms with Crippen LogP contribution < -0.4 is 11.3 Å². The van der Waals surface area contributed by atoms with Crippen molar-refractivity contribution in [1.82, 2.24) is 5.43 Å². The highest BCUT2D eigenvalue weighted by Crippen LogP contribution is 2.35. The van der Waals surface area contributed by atoms with E-state index in [1.807, 2.05) is 12.3 Å². The Kier molecular flexibility index (Phi) is 3.79. The van der Waals surface area contributed by atoms with Gasteiger partial charge in [-0.25, -0.2) is 9.82 Å². The summed E-state index contributed by atoms with van der Waals surface area (Å²) >= 11 is 7.74. The standard InChI is InChI=1S/C12H12ClFN2S/c1-7-6-17-12(10(7)13)11(16-15)8-2-4-9(14)5-3-8/h2-6,11,16H,15H2,1H3. The predicted molar refractivity (Wildman–Crippen MR) is 69.6 cm³/mol. The van der Waals surface area contributed by atoms with E-state index < -0.39 is 0 Å². The van der Waals surface area contributed by atoms with Gasteiger partial charge in [-0.1, -0.05) is 23.7 Å². The summed E-state index contributed by atoms with van der Waals surface area (Å²) in [4.78, 5) is 0.943. The number of nitrogens with one attached hydrogen (secondary N) is 1. The minimum Gasteiger partial charge on any atom is -0.271 e. The van der Waals surface area contributed by atoms with E-state index in [1.165, 1.54) is 23.5 Å². The lowest BCUT2D eigenvalue weighted by molar-refractivity contribution is 0.618. The molecule has 0 spiro atoms. The second-order valence-electron chi connectivity index (χ2n) is 3.75. The Morgan fingerprint density at radius 3 is 2.47 bits per heavy atom. The number of halogens is 2. The molecule has 0 saturated carbocycles. The summed E-state index contributed by atoms with van der Waals surface area (Å²) in [5.41, 5.74) is 4.62. The second-order valence-corrected chi connectivity index (χ2v) is 5.04. The maximum Gasteiger partial charge on any atom is 0.123 e. The maximum absolute atomic E-state index is 12.9. The zero-order valence-corrected chi connectivity index (χ0v) is 10.8. The van der Waals surface area contributed by atoms with E-state index in [1.54, 1.807) is 12.1 Å². The third-order valence-corrected chi connectivity index (χ3v) is 4.34. The molecular weight excluding hydrogens is 259 g/mol. The number of hydrazine groups is 1. The Bertz CT molecular complexity index is 510. The third-order valence-electron chi connectivity index (χ3n) is 2.56. The lowest BCUT2D eigenvalue weighted by atomic mass is 10.1. The summed E-state index contributed by atoms with van der Waals surface area (Å²) in [6.45, 7) is 1.95. The van der Waals surface area contributed by atoms with Gasteiger partial charge in [-0.3, -0.25) is 5.84 Å². The Hall–Kier alpha value is -0.940. The van der Waals surface area contributed by atoms with Gasteiger partial charge in [-0.15, -0.1) is 11.3 Å². The summed E-state index contributed by atoms with van der Waals surface area (Å²) in [6, 6.07) is 6.01. The van der Waals surface area contributed by atoms with Crippen molar-refractivity contribution in [2.45, 2.75) is 13.0 Å². The molecule has 0 saturated heterocycles. The van der Waals surface area contributed by atoms with Crippen LogP contribution in [0.5, 0.6) is 0 Å². The van der Waals surface area contributed by atoms with Crippen molar-refractivity contribution in [1.29, 1.82) is 0 Å². The molecule has 3 N–H and O–H groups in total. The fourth-order valence-corrected chi connectivity index (χ4v) is 3.01. The topological polar surface area (TPSA) is 38.0 Å². The SMILES string of the molecule is Cc1csc(C(NN)c2ccc(F)cc2)c1Cl. The van der Waals surface area contributed by atoms with Gasteiger partial charge in [0.1, 0.15) is 5.82 Å². The lowest BCUT2D eigenvalue weighted by Crippen LogP contribution is -2.28. The molecule has 1 atom stereocenters. The maximum atomic E-state index is 12.9. The van der Waals surface area contributed by atoms with Crippen LogP contribution in [-0.4, -0.2) is 0 Å². The van der Waals surface area contributed by atoms with E-state index in [-0.39, 0.29) is 11.9 Å². The van der Waals surface area contributed by atoms with Gasteiger partial charge in [0.15, 0.2) is 0 Å². The highest BCUT2D eigenvalue weighted by Gasteiger charge is 2.18. The fourth-order valence-electron chi connectivity index (χ4n) is 1.62. The van der Waals surface area contributed by atoms with Gasteiger partial charge in [-0.2, -0.15) is 0 Å². The molecule has 1 heterocycles. The zero-order chi connectivity index (χ0) is 12.4. The van der Waals surface area contributed by atoms with Crippen LogP contribution in [0.15, 0.2) is 29.6 Å². The molecule has 0 bridgehead atoms. The number of hydrogen-bond donors (Lipinski definition) is 2. The number of thiophene rings is 1. The molecule has 1 aromatic carbocycles. The van der Waals surface area contributed by atoms with Crippen molar-refractivity contribution in [3.63, 3.8) is 0 Å². The average molecular weight is 271 g/mol. The van der Waals surface area contributed by atoms with E-state index in [9.17, 15) is 4.39 Å². The third kappa shape index (κ3) is 2.50. The Morgan fingerprint density at radius 2 is 2.00 bits per heavy atom. The first kappa shape index (κ1) is 12.5. The first-order chi connectivity index (χ1) is 8.13. The summed E-state index contributed by atoms with van der Waals surface area (Å²) in [5.74, 6) is 5.29. The average Bonchev–Trinajstić information content (AvgIpc) is 2.65. The monoisotopic (exact) mass is 270 g/mol. The van der Waals surface area contributed by atoms with Crippen molar-refractivity contribution in [3.05, 3.63) is 56.5 Å². The molecule has 2 aromatic rings. The molecule has 2 rings (SSSR count). The summed E-state index contributed by atoms with van der Waals surface area (Å²) in [6.07, 6.45) is 0. The molecular formula is C12H12ClFN2S. The van der Waals surface area contributed by atoms with Crippen molar-refractivity contribution in [2.75, 3.05) is 0 Å². The van der Waals surface area contributed by atoms with Gasteiger partial charge < -0.3 is 0 Å². The Balaban J connectivity index is 2.40. The minimum atomic E-state index is -0.266. The number of hydrogen-bond acceptors (Lipinski definition) is 3. The number of benzene rings is 1. The normalized spacial score (nSPS) is 12.7. The van der Waals surface area contributed by atoms with Gasteiger partial charge in [-0.05, 0) is 35.6 Å². The van der Waals surface area contributed by atoms with Crippen LogP contribution in [0.3, 0.4) is 0 Å². The van der Waals surface area contributed by atoms with Crippen LogP contribution in [0.1, 0.15) is 22.0 Å². The van der Waals surface area contributed by atoms with Crippen LogP contribution in [0.2, 0.25) is 5.02 Å². The number of rotatable bonds is 3. The van der Waals surface area contributed by atoms with Crippen molar-refractivity contribution in [3.8, 4) is 0 Å². The van der Waals surface area contributed by atoms with E-state index in [0.717, 1.165) is 16.0 Å². The minimum absolute atomic E-state index is 0.207. The Labute approximate surface area is 108 Å². The van der Waals surface area contributed by atoms with Gasteiger partial charge in [0, 0.05) is 4.88 Å². The molecule has 90 valence electrons. The quantitative estimate of drug-likeness (QED) is 0.663. The molecule has 1 unspecified atom stereocenters. The molecule has 1 aromatic heterocycles. The van der Waals surface area contributed by atoms with Crippen LogP contribution in [0.4, 0.5) is 4.39 Å². The largest absolute Gasteiger partial charge is 0.271 e. The smallest absolute Gasteiger partial charge is 0.123 e. The van der Waals surface area contributed by atoms with Gasteiger partial charge >= 0.3 is 0 Å². The summed E-state index contributed by atoms with van der Waals surface area (Å²) in [7, 11) is 0. The molecule has 2 nitrogen and oxygen atoms in total. The first-order valence-corrected chi connectivity index (χ1v) is 6.34. The second kappa shape index (κ2) is 5.14. The van der Waals surface area contributed by atoms with Crippen LogP contribution in [0, 0.1) is 12.7 Å². The van der Waals surface area contributed by atoms with E-state index in [4.69, 9.17) is 17.4 Å². The highest BCUT2D eigenvalue weighted by molar-refractivity contribution is 7.10. The number of nitrogens with two attached hydrogens (primary N) is 1. The zero-order valence-electron chi connectivity index (χ0n) is 9.21. The molecule has 0 amide bonds. The Morgan fingerprint density at radius 1 is 1.35 bits per heavy atom. The van der Waals surface area contributed by atoms with Crippen LogP contribution >= 0.6 is 22.9 Å². The van der Waals surface area contributed by atoms with Gasteiger partial charge in [0.2, 0.25) is 0 Å². The lowest BCUT2D eigenvalue weighted by Gasteiger charge is -2.15. The fraction of sp³-hybridized carbons (Fsp3) is 0.167. The summed E-state index contributed by atoms with van der Waals surface area (Å²) in [5, 5.41) is 2.69. The van der Waals surface area contributed by atoms with E-state index in [2.05, 4.69) is 5.43 Å². The van der Waals surface area contributed by atoms with Crippen molar-refractivity contribution >= 4 is 22.9 Å². The van der Waals surface area contributed by atoms with Crippen molar-refractivity contribution in [2.24, 2.45) is 5.84 Å². The van der Waals surface area contributed by atoms with Crippen molar-refractivity contribution < 1.29 is 4.39 Å². The molecule has 0 aliphatic rings. The molecule has 0 fully saturated rings. The molecule has 0 radical (unpaired) electrons. The van der Waals surface area contributed by atoms with E-state index in [0.29, 0.717) is 5.02 Å². The summed E-state index contributed by atoms with van der Waals surface area (Å²) < 4.78 is 12.9. The van der Waals surface area contributed by atoms with E-state index >= 15 is 0 Å². The predicted octanol–water partition coefficient (Wildman–Crippen LogP) is 3.40. The molecule has 17 heavy (non-hydrogen) atoms. The number of aryl methyl sites for hydroxylation is 1. The molecule has 0 aliphatic heterocycles.